The number of hydrogen-bond acceptors (Lipinski definition) is 3. The smallest absolute Gasteiger partial charge is 0.164 e. The first-order chi connectivity index (χ1) is 27.2. The van der Waals surface area contributed by atoms with Crippen LogP contribution in [-0.2, 0) is 0 Å². The number of aromatic nitrogens is 4. The highest BCUT2D eigenvalue weighted by atomic mass is 15.0. The van der Waals surface area contributed by atoms with Crippen LogP contribution in [0.1, 0.15) is 0 Å². The van der Waals surface area contributed by atoms with Crippen molar-refractivity contribution >= 4 is 54.1 Å². The van der Waals surface area contributed by atoms with E-state index in [1.54, 1.807) is 0 Å². The molecule has 4 heteroatoms. The van der Waals surface area contributed by atoms with Gasteiger partial charge in [0.1, 0.15) is 0 Å². The van der Waals surface area contributed by atoms with Crippen LogP contribution in [-0.4, -0.2) is 19.5 Å². The van der Waals surface area contributed by atoms with Gasteiger partial charge in [0, 0.05) is 32.8 Å². The van der Waals surface area contributed by atoms with E-state index in [2.05, 4.69) is 162 Å². The SMILES string of the molecule is c1ccc(-c2ccc3c(-c4nc(-c5ccccc5)nc(-c5ccccc5)n4)ccc(-n4c5cc6ccccc6cc5c5cc6ccccc6cc54)c3c2)cc1. The summed E-state index contributed by atoms with van der Waals surface area (Å²) in [6.07, 6.45) is 0. The second-order valence-electron chi connectivity index (χ2n) is 14.1. The molecule has 0 aliphatic rings. The zero-order chi connectivity index (χ0) is 36.3. The molecule has 256 valence electrons. The van der Waals surface area contributed by atoms with E-state index in [0.717, 1.165) is 44.3 Å². The standard InChI is InChI=1S/C51H32N4/c1-4-14-33(15-5-1)40-24-25-41-42(51-53-49(34-16-6-2-7-17-34)52-50(54-51)35-18-8-3-9-19-35)26-27-46(43(41)30-40)55-47-31-38-22-12-10-20-36(38)28-44(47)45-29-37-21-11-13-23-39(37)32-48(45)55/h1-32H. The third-order valence-corrected chi connectivity index (χ3v) is 10.8. The average Bonchev–Trinajstić information content (AvgIpc) is 3.56. The Bertz CT molecular complexity index is 3090. The van der Waals surface area contributed by atoms with Gasteiger partial charge in [0.15, 0.2) is 17.5 Å². The zero-order valence-corrected chi connectivity index (χ0v) is 29.8. The van der Waals surface area contributed by atoms with Gasteiger partial charge in [-0.15, -0.1) is 0 Å². The van der Waals surface area contributed by atoms with Crippen LogP contribution < -0.4 is 0 Å². The van der Waals surface area contributed by atoms with E-state index in [0.29, 0.717) is 17.5 Å². The van der Waals surface area contributed by atoms with Crippen molar-refractivity contribution in [2.75, 3.05) is 0 Å². The first-order valence-corrected chi connectivity index (χ1v) is 18.6. The van der Waals surface area contributed by atoms with E-state index < -0.39 is 0 Å². The second kappa shape index (κ2) is 12.6. The monoisotopic (exact) mass is 700 g/mol. The van der Waals surface area contributed by atoms with Gasteiger partial charge in [0.2, 0.25) is 0 Å². The highest BCUT2D eigenvalue weighted by Crippen LogP contribution is 2.41. The summed E-state index contributed by atoms with van der Waals surface area (Å²) >= 11 is 0. The Balaban J connectivity index is 1.24. The minimum atomic E-state index is 0.635. The molecule has 0 bridgehead atoms. The Morgan fingerprint density at radius 3 is 1.27 bits per heavy atom. The summed E-state index contributed by atoms with van der Waals surface area (Å²) in [7, 11) is 0. The summed E-state index contributed by atoms with van der Waals surface area (Å²) in [5.74, 6) is 1.92. The number of nitrogens with zero attached hydrogens (tertiary/aromatic N) is 4. The van der Waals surface area contributed by atoms with Crippen LogP contribution in [0.4, 0.5) is 0 Å². The molecule has 2 aromatic heterocycles. The van der Waals surface area contributed by atoms with Crippen LogP contribution in [0.2, 0.25) is 0 Å². The number of benzene rings is 9. The Hall–Kier alpha value is -7.43. The molecule has 0 aliphatic heterocycles. The van der Waals surface area contributed by atoms with Crippen LogP contribution in [0.15, 0.2) is 194 Å². The molecule has 0 radical (unpaired) electrons. The van der Waals surface area contributed by atoms with E-state index >= 15 is 0 Å². The summed E-state index contributed by atoms with van der Waals surface area (Å²) in [5.41, 5.74) is 8.59. The lowest BCUT2D eigenvalue weighted by Crippen LogP contribution is -2.02. The molecule has 2 heterocycles. The molecule has 0 saturated heterocycles. The van der Waals surface area contributed by atoms with Gasteiger partial charge in [0.05, 0.1) is 16.7 Å². The van der Waals surface area contributed by atoms with E-state index in [1.807, 2.05) is 36.4 Å². The topological polar surface area (TPSA) is 43.6 Å². The maximum Gasteiger partial charge on any atom is 0.164 e. The van der Waals surface area contributed by atoms with Gasteiger partial charge in [-0.25, -0.2) is 15.0 Å². The maximum absolute atomic E-state index is 5.16. The maximum atomic E-state index is 5.16. The molecule has 9 aromatic carbocycles. The third kappa shape index (κ3) is 5.26. The van der Waals surface area contributed by atoms with Crippen LogP contribution in [0.5, 0.6) is 0 Å². The van der Waals surface area contributed by atoms with Gasteiger partial charge in [-0.05, 0) is 80.5 Å². The van der Waals surface area contributed by atoms with Gasteiger partial charge in [-0.2, -0.15) is 0 Å². The van der Waals surface area contributed by atoms with E-state index in [4.69, 9.17) is 15.0 Å². The fourth-order valence-corrected chi connectivity index (χ4v) is 8.11. The molecule has 0 unspecified atom stereocenters. The van der Waals surface area contributed by atoms with Crippen molar-refractivity contribution in [3.8, 4) is 51.0 Å². The lowest BCUT2D eigenvalue weighted by molar-refractivity contribution is 1.08. The first-order valence-electron chi connectivity index (χ1n) is 18.6. The van der Waals surface area contributed by atoms with Crippen molar-refractivity contribution in [3.05, 3.63) is 194 Å². The van der Waals surface area contributed by atoms with Crippen molar-refractivity contribution in [1.29, 1.82) is 0 Å². The van der Waals surface area contributed by atoms with E-state index in [1.165, 1.54) is 43.4 Å². The Morgan fingerprint density at radius 1 is 0.291 bits per heavy atom. The zero-order valence-electron chi connectivity index (χ0n) is 29.8. The molecule has 0 saturated carbocycles. The van der Waals surface area contributed by atoms with Gasteiger partial charge < -0.3 is 4.57 Å². The normalized spacial score (nSPS) is 11.6. The molecule has 0 amide bonds. The highest BCUT2D eigenvalue weighted by molar-refractivity contribution is 6.18. The molecule has 0 aliphatic carbocycles. The van der Waals surface area contributed by atoms with E-state index in [-0.39, 0.29) is 0 Å². The van der Waals surface area contributed by atoms with Gasteiger partial charge in [0.25, 0.3) is 0 Å². The van der Waals surface area contributed by atoms with Crippen molar-refractivity contribution in [3.63, 3.8) is 0 Å². The summed E-state index contributed by atoms with van der Waals surface area (Å²) in [5, 5.41) is 9.52. The molecule has 0 atom stereocenters. The average molecular weight is 701 g/mol. The van der Waals surface area contributed by atoms with Crippen molar-refractivity contribution in [2.45, 2.75) is 0 Å². The summed E-state index contributed by atoms with van der Waals surface area (Å²) in [4.78, 5) is 15.3. The quantitative estimate of drug-likeness (QED) is 0.179. The van der Waals surface area contributed by atoms with Gasteiger partial charge in [-0.1, -0.05) is 152 Å². The summed E-state index contributed by atoms with van der Waals surface area (Å²) in [6, 6.07) is 68.9. The van der Waals surface area contributed by atoms with Crippen LogP contribution in [0.25, 0.3) is 105 Å². The number of rotatable bonds is 5. The van der Waals surface area contributed by atoms with Crippen molar-refractivity contribution in [2.24, 2.45) is 0 Å². The summed E-state index contributed by atoms with van der Waals surface area (Å²) < 4.78 is 2.46. The lowest BCUT2D eigenvalue weighted by atomic mass is 9.96. The first kappa shape index (κ1) is 31.1. The molecule has 11 aromatic rings. The van der Waals surface area contributed by atoms with Crippen LogP contribution in [0, 0.1) is 0 Å². The largest absolute Gasteiger partial charge is 0.309 e. The fourth-order valence-electron chi connectivity index (χ4n) is 8.11. The molecule has 4 nitrogen and oxygen atoms in total. The van der Waals surface area contributed by atoms with Gasteiger partial charge >= 0.3 is 0 Å². The van der Waals surface area contributed by atoms with E-state index in [9.17, 15) is 0 Å². The molecule has 0 fully saturated rings. The molecule has 0 N–H and O–H groups in total. The molecule has 0 spiro atoms. The predicted octanol–water partition coefficient (Wildman–Crippen LogP) is 13.1. The molecule has 55 heavy (non-hydrogen) atoms. The number of fused-ring (bicyclic) bond motifs is 6. The predicted molar refractivity (Wildman–Crippen MR) is 228 cm³/mol. The molecule has 11 rings (SSSR count). The van der Waals surface area contributed by atoms with Crippen LogP contribution >= 0.6 is 0 Å². The highest BCUT2D eigenvalue weighted by Gasteiger charge is 2.20. The Kier molecular flexibility index (Phi) is 7.14. The van der Waals surface area contributed by atoms with Crippen molar-refractivity contribution in [1.82, 2.24) is 19.5 Å². The van der Waals surface area contributed by atoms with Crippen molar-refractivity contribution < 1.29 is 0 Å². The summed E-state index contributed by atoms with van der Waals surface area (Å²) in [6.45, 7) is 0. The third-order valence-electron chi connectivity index (χ3n) is 10.8. The molecular formula is C51H32N4. The van der Waals surface area contributed by atoms with Crippen LogP contribution in [0.3, 0.4) is 0 Å². The Labute approximate surface area is 317 Å². The fraction of sp³-hybridized carbons (Fsp3) is 0. The minimum absolute atomic E-state index is 0.635. The minimum Gasteiger partial charge on any atom is -0.309 e. The molecular weight excluding hydrogens is 669 g/mol. The second-order valence-corrected chi connectivity index (χ2v) is 14.1. The Morgan fingerprint density at radius 2 is 0.745 bits per heavy atom. The number of hydrogen-bond donors (Lipinski definition) is 0. The van der Waals surface area contributed by atoms with Gasteiger partial charge in [-0.3, -0.25) is 0 Å². The lowest BCUT2D eigenvalue weighted by Gasteiger charge is -2.17.